The van der Waals surface area contributed by atoms with Crippen LogP contribution in [0.4, 0.5) is 0 Å². The zero-order valence-corrected chi connectivity index (χ0v) is 7.81. The Balaban J connectivity index is 2.79. The largest absolute Gasteiger partial charge is 0.385 e. The molecule has 0 aromatic heterocycles. The van der Waals surface area contributed by atoms with Crippen LogP contribution < -0.4 is 5.32 Å². The van der Waals surface area contributed by atoms with Crippen LogP contribution in [0.3, 0.4) is 0 Å². The van der Waals surface area contributed by atoms with E-state index in [4.69, 9.17) is 0 Å². The fourth-order valence-electron chi connectivity index (χ4n) is 1.69. The van der Waals surface area contributed by atoms with E-state index in [0.717, 1.165) is 0 Å². The fourth-order valence-corrected chi connectivity index (χ4v) is 1.69. The van der Waals surface area contributed by atoms with Crippen molar-refractivity contribution in [3.05, 3.63) is 23.4 Å². The molecule has 1 rings (SSSR count). The molecule has 0 fully saturated rings. The van der Waals surface area contributed by atoms with Gasteiger partial charge in [0.2, 0.25) is 0 Å². The highest BCUT2D eigenvalue weighted by atomic mass is 15.0. The normalized spacial score (nSPS) is 31.6. The van der Waals surface area contributed by atoms with Crippen molar-refractivity contribution in [3.8, 4) is 0 Å². The van der Waals surface area contributed by atoms with Crippen LogP contribution >= 0.6 is 0 Å². The lowest BCUT2D eigenvalue weighted by atomic mass is 9.96. The Hall–Kier alpha value is -0.720. The molecule has 0 saturated carbocycles. The first-order chi connectivity index (χ1) is 5.16. The Morgan fingerprint density at radius 2 is 2.00 bits per heavy atom. The molecule has 0 radical (unpaired) electrons. The predicted molar refractivity (Wildman–Crippen MR) is 49.3 cm³/mol. The second kappa shape index (κ2) is 3.12. The molecule has 11 heavy (non-hydrogen) atoms. The Bertz CT molecular complexity index is 201. The van der Waals surface area contributed by atoms with Crippen molar-refractivity contribution in [2.24, 2.45) is 5.92 Å². The average molecular weight is 151 g/mol. The van der Waals surface area contributed by atoms with Gasteiger partial charge in [0, 0.05) is 17.7 Å². The predicted octanol–water partition coefficient (Wildman–Crippen LogP) is 2.46. The van der Waals surface area contributed by atoms with E-state index >= 15 is 0 Å². The smallest absolute Gasteiger partial charge is 0.0330 e. The number of hydrogen-bond acceptors (Lipinski definition) is 1. The highest BCUT2D eigenvalue weighted by Crippen LogP contribution is 2.25. The van der Waals surface area contributed by atoms with E-state index in [1.807, 2.05) is 0 Å². The first-order valence-electron chi connectivity index (χ1n) is 4.23. The van der Waals surface area contributed by atoms with Crippen LogP contribution in [0, 0.1) is 5.92 Å². The molecular formula is C10H17N. The standard InChI is InChI=1S/C10H17N/c1-5-6-10-7(2)8(3)11-9(10)4/h5-6,9-11H,1-4H3/b6-5-/t9-,10?/m1/s1. The Morgan fingerprint density at radius 1 is 1.36 bits per heavy atom. The third-order valence-corrected chi connectivity index (χ3v) is 2.47. The van der Waals surface area contributed by atoms with Crippen molar-refractivity contribution < 1.29 is 0 Å². The number of allylic oxidation sites excluding steroid dienone is 2. The summed E-state index contributed by atoms with van der Waals surface area (Å²) in [4.78, 5) is 0. The van der Waals surface area contributed by atoms with Gasteiger partial charge in [-0.1, -0.05) is 12.2 Å². The molecule has 0 aromatic rings. The van der Waals surface area contributed by atoms with Crippen LogP contribution in [0.2, 0.25) is 0 Å². The van der Waals surface area contributed by atoms with Gasteiger partial charge in [-0.25, -0.2) is 0 Å². The Morgan fingerprint density at radius 3 is 2.36 bits per heavy atom. The first-order valence-corrected chi connectivity index (χ1v) is 4.23. The summed E-state index contributed by atoms with van der Waals surface area (Å²) in [5.74, 6) is 0.611. The zero-order chi connectivity index (χ0) is 8.43. The van der Waals surface area contributed by atoms with Gasteiger partial charge in [0.15, 0.2) is 0 Å². The zero-order valence-electron chi connectivity index (χ0n) is 7.81. The van der Waals surface area contributed by atoms with Crippen molar-refractivity contribution in [2.45, 2.75) is 33.7 Å². The molecule has 0 aliphatic carbocycles. The van der Waals surface area contributed by atoms with Gasteiger partial charge in [-0.15, -0.1) is 0 Å². The second-order valence-electron chi connectivity index (χ2n) is 3.29. The van der Waals surface area contributed by atoms with Crippen LogP contribution in [-0.2, 0) is 0 Å². The van der Waals surface area contributed by atoms with Gasteiger partial charge in [-0.3, -0.25) is 0 Å². The van der Waals surface area contributed by atoms with Gasteiger partial charge in [-0.2, -0.15) is 0 Å². The molecule has 62 valence electrons. The van der Waals surface area contributed by atoms with Crippen molar-refractivity contribution in [1.82, 2.24) is 5.32 Å². The first kappa shape index (κ1) is 8.38. The van der Waals surface area contributed by atoms with E-state index in [-0.39, 0.29) is 0 Å². The molecule has 1 heteroatoms. The molecule has 1 N–H and O–H groups in total. The average Bonchev–Trinajstić information content (AvgIpc) is 2.17. The summed E-state index contributed by atoms with van der Waals surface area (Å²) < 4.78 is 0. The molecular weight excluding hydrogens is 134 g/mol. The molecule has 2 atom stereocenters. The van der Waals surface area contributed by atoms with E-state index in [0.29, 0.717) is 12.0 Å². The van der Waals surface area contributed by atoms with Gasteiger partial charge in [0.25, 0.3) is 0 Å². The van der Waals surface area contributed by atoms with E-state index in [9.17, 15) is 0 Å². The monoisotopic (exact) mass is 151 g/mol. The van der Waals surface area contributed by atoms with Crippen LogP contribution in [-0.4, -0.2) is 6.04 Å². The topological polar surface area (TPSA) is 12.0 Å². The van der Waals surface area contributed by atoms with Crippen LogP contribution in [0.5, 0.6) is 0 Å². The quantitative estimate of drug-likeness (QED) is 0.568. The molecule has 0 bridgehead atoms. The van der Waals surface area contributed by atoms with Gasteiger partial charge in [0.05, 0.1) is 0 Å². The summed E-state index contributed by atoms with van der Waals surface area (Å²) >= 11 is 0. The lowest BCUT2D eigenvalue weighted by Crippen LogP contribution is -2.23. The maximum Gasteiger partial charge on any atom is 0.0330 e. The number of rotatable bonds is 1. The van der Waals surface area contributed by atoms with Crippen molar-refractivity contribution in [1.29, 1.82) is 0 Å². The molecule has 1 heterocycles. The van der Waals surface area contributed by atoms with Gasteiger partial charge < -0.3 is 5.32 Å². The van der Waals surface area contributed by atoms with E-state index in [1.54, 1.807) is 0 Å². The van der Waals surface area contributed by atoms with Gasteiger partial charge >= 0.3 is 0 Å². The van der Waals surface area contributed by atoms with Crippen LogP contribution in [0.25, 0.3) is 0 Å². The van der Waals surface area contributed by atoms with Gasteiger partial charge in [-0.05, 0) is 33.3 Å². The summed E-state index contributed by atoms with van der Waals surface area (Å²) in [6.45, 7) is 8.66. The van der Waals surface area contributed by atoms with Crippen LogP contribution in [0.15, 0.2) is 23.4 Å². The lowest BCUT2D eigenvalue weighted by Gasteiger charge is -2.12. The summed E-state index contributed by atoms with van der Waals surface area (Å²) in [5, 5.41) is 3.43. The van der Waals surface area contributed by atoms with Crippen molar-refractivity contribution in [2.75, 3.05) is 0 Å². The molecule has 1 aliphatic rings. The Kier molecular flexibility index (Phi) is 2.38. The minimum atomic E-state index is 0.575. The van der Waals surface area contributed by atoms with Gasteiger partial charge in [0.1, 0.15) is 0 Å². The molecule has 1 nitrogen and oxygen atoms in total. The van der Waals surface area contributed by atoms with E-state index in [2.05, 4.69) is 45.2 Å². The second-order valence-corrected chi connectivity index (χ2v) is 3.29. The third kappa shape index (κ3) is 1.47. The maximum absolute atomic E-state index is 3.43. The Labute approximate surface area is 69.2 Å². The summed E-state index contributed by atoms with van der Waals surface area (Å²) in [5.41, 5.74) is 2.83. The fraction of sp³-hybridized carbons (Fsp3) is 0.600. The van der Waals surface area contributed by atoms with Crippen molar-refractivity contribution >= 4 is 0 Å². The molecule has 1 aliphatic heterocycles. The molecule has 0 aromatic carbocycles. The minimum absolute atomic E-state index is 0.575. The minimum Gasteiger partial charge on any atom is -0.385 e. The molecule has 0 saturated heterocycles. The summed E-state index contributed by atoms with van der Waals surface area (Å²) in [6.07, 6.45) is 4.40. The highest BCUT2D eigenvalue weighted by molar-refractivity contribution is 5.25. The van der Waals surface area contributed by atoms with E-state index < -0.39 is 0 Å². The number of hydrogen-bond donors (Lipinski definition) is 1. The molecule has 0 amide bonds. The van der Waals surface area contributed by atoms with Crippen LogP contribution in [0.1, 0.15) is 27.7 Å². The third-order valence-electron chi connectivity index (χ3n) is 2.47. The summed E-state index contributed by atoms with van der Waals surface area (Å²) in [7, 11) is 0. The highest BCUT2D eigenvalue weighted by Gasteiger charge is 2.23. The maximum atomic E-state index is 3.43. The lowest BCUT2D eigenvalue weighted by molar-refractivity contribution is 0.576. The van der Waals surface area contributed by atoms with E-state index in [1.165, 1.54) is 11.3 Å². The van der Waals surface area contributed by atoms with Crippen molar-refractivity contribution in [3.63, 3.8) is 0 Å². The summed E-state index contributed by atoms with van der Waals surface area (Å²) in [6, 6.07) is 0.575. The molecule has 0 spiro atoms. The SMILES string of the molecule is C/C=C\C1C(C)=C(C)N[C@@H]1C. The number of nitrogens with one attached hydrogen (secondary N) is 1. The molecule has 1 unspecified atom stereocenters.